The Labute approximate surface area is 175 Å². The Morgan fingerprint density at radius 2 is 2.03 bits per heavy atom. The molecule has 0 atom stereocenters. The summed E-state index contributed by atoms with van der Waals surface area (Å²) in [6.07, 6.45) is 1.50. The molecule has 9 heteroatoms. The van der Waals surface area contributed by atoms with E-state index >= 15 is 0 Å². The van der Waals surface area contributed by atoms with Crippen LogP contribution in [0, 0.1) is 19.7 Å². The zero-order valence-electron chi connectivity index (χ0n) is 16.3. The van der Waals surface area contributed by atoms with E-state index in [4.69, 9.17) is 5.73 Å². The molecular formula is C21H18FN5O2S. The standard InChI is InChI=1S/C21H18FN5O2S/c1-11-12(2)25-26-21-17(11)18(23)19(30-21)20(29)24-10-13-6-7-15(14(22)9-13)27-8-4-3-5-16(27)28/h3-9H,10,23H2,1-2H3,(H,24,29). The van der Waals surface area contributed by atoms with Gasteiger partial charge < -0.3 is 11.1 Å². The maximum Gasteiger partial charge on any atom is 0.263 e. The first-order valence-corrected chi connectivity index (χ1v) is 9.95. The lowest BCUT2D eigenvalue weighted by molar-refractivity contribution is 0.0955. The van der Waals surface area contributed by atoms with Crippen molar-refractivity contribution in [1.82, 2.24) is 20.1 Å². The van der Waals surface area contributed by atoms with Crippen molar-refractivity contribution in [3.63, 3.8) is 0 Å². The number of halogens is 1. The van der Waals surface area contributed by atoms with Crippen molar-refractivity contribution in [1.29, 1.82) is 0 Å². The summed E-state index contributed by atoms with van der Waals surface area (Å²) in [7, 11) is 0. The Balaban J connectivity index is 1.55. The van der Waals surface area contributed by atoms with Crippen molar-refractivity contribution in [2.75, 3.05) is 5.73 Å². The molecule has 0 spiro atoms. The topological polar surface area (TPSA) is 103 Å². The molecule has 7 nitrogen and oxygen atoms in total. The van der Waals surface area contributed by atoms with Gasteiger partial charge in [0.15, 0.2) is 0 Å². The summed E-state index contributed by atoms with van der Waals surface area (Å²) in [5.41, 5.74) is 8.58. The molecule has 0 unspecified atom stereocenters. The summed E-state index contributed by atoms with van der Waals surface area (Å²) in [5, 5.41) is 11.7. The lowest BCUT2D eigenvalue weighted by Gasteiger charge is -2.09. The van der Waals surface area contributed by atoms with E-state index in [1.807, 2.05) is 13.8 Å². The highest BCUT2D eigenvalue weighted by Crippen LogP contribution is 2.34. The van der Waals surface area contributed by atoms with Gasteiger partial charge in [0, 0.05) is 24.2 Å². The highest BCUT2D eigenvalue weighted by molar-refractivity contribution is 7.21. The van der Waals surface area contributed by atoms with E-state index in [9.17, 15) is 14.0 Å². The molecule has 3 aromatic heterocycles. The summed E-state index contributed by atoms with van der Waals surface area (Å²) in [6, 6.07) is 9.06. The monoisotopic (exact) mass is 423 g/mol. The van der Waals surface area contributed by atoms with E-state index < -0.39 is 5.82 Å². The summed E-state index contributed by atoms with van der Waals surface area (Å²) in [5.74, 6) is -0.922. The van der Waals surface area contributed by atoms with Gasteiger partial charge in [0.2, 0.25) is 0 Å². The van der Waals surface area contributed by atoms with Crippen LogP contribution >= 0.6 is 11.3 Å². The van der Waals surface area contributed by atoms with Crippen molar-refractivity contribution in [3.8, 4) is 5.69 Å². The molecule has 1 amide bonds. The van der Waals surface area contributed by atoms with Crippen LogP contribution in [0.1, 0.15) is 26.5 Å². The summed E-state index contributed by atoms with van der Waals surface area (Å²) < 4.78 is 15.8. The molecule has 152 valence electrons. The van der Waals surface area contributed by atoms with Crippen LogP contribution in [-0.4, -0.2) is 20.7 Å². The van der Waals surface area contributed by atoms with Gasteiger partial charge in [0.1, 0.15) is 15.5 Å². The normalized spacial score (nSPS) is 11.0. The Hall–Kier alpha value is -3.59. The number of anilines is 1. The Morgan fingerprint density at radius 1 is 1.23 bits per heavy atom. The molecular weight excluding hydrogens is 405 g/mol. The predicted octanol–water partition coefficient (Wildman–Crippen LogP) is 3.11. The third kappa shape index (κ3) is 3.43. The van der Waals surface area contributed by atoms with E-state index in [0.29, 0.717) is 21.0 Å². The first kappa shape index (κ1) is 19.7. The minimum atomic E-state index is -0.558. The zero-order valence-corrected chi connectivity index (χ0v) is 17.1. The summed E-state index contributed by atoms with van der Waals surface area (Å²) in [4.78, 5) is 25.5. The van der Waals surface area contributed by atoms with E-state index in [1.165, 1.54) is 40.3 Å². The molecule has 30 heavy (non-hydrogen) atoms. The van der Waals surface area contributed by atoms with Crippen LogP contribution in [0.5, 0.6) is 0 Å². The molecule has 0 saturated heterocycles. The fourth-order valence-electron chi connectivity index (χ4n) is 3.15. The van der Waals surface area contributed by atoms with Crippen LogP contribution in [0.3, 0.4) is 0 Å². The predicted molar refractivity (Wildman–Crippen MR) is 114 cm³/mol. The Bertz CT molecular complexity index is 1350. The molecule has 0 radical (unpaired) electrons. The number of rotatable bonds is 4. The molecule has 0 aliphatic heterocycles. The van der Waals surface area contributed by atoms with Crippen molar-refractivity contribution in [2.45, 2.75) is 20.4 Å². The second kappa shape index (κ2) is 7.68. The number of benzene rings is 1. The highest BCUT2D eigenvalue weighted by Gasteiger charge is 2.20. The minimum Gasteiger partial charge on any atom is -0.397 e. The average Bonchev–Trinajstić information content (AvgIpc) is 3.07. The number of nitrogens with zero attached hydrogens (tertiary/aromatic N) is 3. The van der Waals surface area contributed by atoms with Gasteiger partial charge >= 0.3 is 0 Å². The quantitative estimate of drug-likeness (QED) is 0.525. The molecule has 0 aliphatic rings. The number of nitrogens with one attached hydrogen (secondary N) is 1. The molecule has 0 bridgehead atoms. The second-order valence-corrected chi connectivity index (χ2v) is 7.81. The lowest BCUT2D eigenvalue weighted by Crippen LogP contribution is -2.23. The number of thiophene rings is 1. The van der Waals surface area contributed by atoms with Gasteiger partial charge in [0.05, 0.1) is 17.1 Å². The van der Waals surface area contributed by atoms with Crippen LogP contribution in [0.25, 0.3) is 15.9 Å². The van der Waals surface area contributed by atoms with Crippen LogP contribution in [-0.2, 0) is 6.54 Å². The fraction of sp³-hybridized carbons (Fsp3) is 0.143. The van der Waals surface area contributed by atoms with Crippen molar-refractivity contribution in [3.05, 3.63) is 80.5 Å². The fourth-order valence-corrected chi connectivity index (χ4v) is 4.17. The van der Waals surface area contributed by atoms with Crippen molar-refractivity contribution in [2.24, 2.45) is 0 Å². The number of pyridine rings is 1. The molecule has 0 aliphatic carbocycles. The number of hydrogen-bond acceptors (Lipinski definition) is 6. The molecule has 3 heterocycles. The smallest absolute Gasteiger partial charge is 0.263 e. The average molecular weight is 423 g/mol. The third-order valence-corrected chi connectivity index (χ3v) is 5.98. The van der Waals surface area contributed by atoms with Crippen molar-refractivity contribution < 1.29 is 9.18 Å². The molecule has 4 aromatic rings. The van der Waals surface area contributed by atoms with Gasteiger partial charge in [-0.15, -0.1) is 16.4 Å². The second-order valence-electron chi connectivity index (χ2n) is 6.81. The lowest BCUT2D eigenvalue weighted by atomic mass is 10.1. The van der Waals surface area contributed by atoms with Crippen LogP contribution in [0.2, 0.25) is 0 Å². The van der Waals surface area contributed by atoms with Crippen LogP contribution in [0.15, 0.2) is 47.4 Å². The van der Waals surface area contributed by atoms with E-state index in [-0.39, 0.29) is 23.7 Å². The van der Waals surface area contributed by atoms with Crippen LogP contribution < -0.4 is 16.6 Å². The number of aromatic nitrogens is 3. The zero-order chi connectivity index (χ0) is 21.4. The van der Waals surface area contributed by atoms with E-state index in [0.717, 1.165) is 16.6 Å². The number of carbonyl (C=O) groups excluding carboxylic acids is 1. The van der Waals surface area contributed by atoms with Gasteiger partial charge in [-0.2, -0.15) is 5.10 Å². The first-order chi connectivity index (χ1) is 14.4. The van der Waals surface area contributed by atoms with Gasteiger partial charge in [-0.3, -0.25) is 14.2 Å². The van der Waals surface area contributed by atoms with Gasteiger partial charge in [-0.1, -0.05) is 12.1 Å². The number of hydrogen-bond donors (Lipinski definition) is 2. The Kier molecular flexibility index (Phi) is 5.04. The number of nitrogens with two attached hydrogens (primary N) is 1. The molecule has 3 N–H and O–H groups in total. The van der Waals surface area contributed by atoms with Gasteiger partial charge in [-0.25, -0.2) is 4.39 Å². The van der Waals surface area contributed by atoms with Gasteiger partial charge in [-0.05, 0) is 43.2 Å². The number of fused-ring (bicyclic) bond motifs is 1. The number of amides is 1. The minimum absolute atomic E-state index is 0.108. The molecule has 4 rings (SSSR count). The molecule has 0 fully saturated rings. The summed E-state index contributed by atoms with van der Waals surface area (Å²) >= 11 is 1.17. The number of carbonyl (C=O) groups is 1. The van der Waals surface area contributed by atoms with Gasteiger partial charge in [0.25, 0.3) is 11.5 Å². The van der Waals surface area contributed by atoms with E-state index in [2.05, 4.69) is 15.5 Å². The molecule has 1 aromatic carbocycles. The summed E-state index contributed by atoms with van der Waals surface area (Å²) in [6.45, 7) is 3.83. The number of nitrogen functional groups attached to an aromatic ring is 1. The molecule has 0 saturated carbocycles. The van der Waals surface area contributed by atoms with E-state index in [1.54, 1.807) is 18.2 Å². The largest absolute Gasteiger partial charge is 0.397 e. The third-order valence-electron chi connectivity index (χ3n) is 4.89. The Morgan fingerprint density at radius 3 is 2.77 bits per heavy atom. The maximum atomic E-state index is 14.5. The SMILES string of the molecule is Cc1nnc2sc(C(=O)NCc3ccc(-n4ccccc4=O)c(F)c3)c(N)c2c1C. The number of aryl methyl sites for hydroxylation is 2. The first-order valence-electron chi connectivity index (χ1n) is 9.13. The van der Waals surface area contributed by atoms with Crippen molar-refractivity contribution >= 4 is 33.1 Å². The maximum absolute atomic E-state index is 14.5. The van der Waals surface area contributed by atoms with Crippen LogP contribution in [0.4, 0.5) is 10.1 Å². The highest BCUT2D eigenvalue weighted by atomic mass is 32.1.